The summed E-state index contributed by atoms with van der Waals surface area (Å²) in [4.78, 5) is 11.0. The van der Waals surface area contributed by atoms with Gasteiger partial charge in [-0.15, -0.1) is 11.8 Å². The smallest absolute Gasteiger partial charge is 0.249 e. The van der Waals surface area contributed by atoms with Gasteiger partial charge < -0.3 is 10.8 Å². The molecule has 1 aliphatic heterocycles. The quantitative estimate of drug-likeness (QED) is 0.710. The maximum absolute atomic E-state index is 11.0. The Balaban J connectivity index is 3.10. The van der Waals surface area contributed by atoms with Gasteiger partial charge in [0.2, 0.25) is 5.91 Å². The van der Waals surface area contributed by atoms with Crippen molar-refractivity contribution < 1.29 is 9.90 Å². The summed E-state index contributed by atoms with van der Waals surface area (Å²) in [7, 11) is 0. The zero-order valence-corrected chi connectivity index (χ0v) is 9.77. The molecular weight excluding hydrogens is 289 g/mol. The third-order valence-corrected chi connectivity index (χ3v) is 4.55. The first-order valence-corrected chi connectivity index (χ1v) is 5.42. The van der Waals surface area contributed by atoms with Crippen LogP contribution in [0.5, 0.6) is 0 Å². The van der Waals surface area contributed by atoms with Gasteiger partial charge in [0.05, 0.1) is 8.48 Å². The Hall–Kier alpha value is 0.250. The fraction of sp³-hybridized carbons (Fsp3) is 0.571. The van der Waals surface area contributed by atoms with Crippen LogP contribution in [0.4, 0.5) is 0 Å². The standard InChI is InChI=1S/C7H10INO2S/c1-3-7(2,11)4(6(9)10)5(8)12-3/h3,11H,1-2H3,(H2,9,10). The molecule has 0 aromatic heterocycles. The highest BCUT2D eigenvalue weighted by molar-refractivity contribution is 14.1. The SMILES string of the molecule is CC1SC(I)=C(C(N)=O)C1(C)O. The fourth-order valence-corrected chi connectivity index (χ4v) is 4.12. The number of amides is 1. The van der Waals surface area contributed by atoms with Crippen LogP contribution >= 0.6 is 34.4 Å². The van der Waals surface area contributed by atoms with Gasteiger partial charge in [0.15, 0.2) is 0 Å². The largest absolute Gasteiger partial charge is 0.384 e. The van der Waals surface area contributed by atoms with Gasteiger partial charge >= 0.3 is 0 Å². The van der Waals surface area contributed by atoms with Crippen LogP contribution in [-0.2, 0) is 4.79 Å². The number of hydrogen-bond acceptors (Lipinski definition) is 3. The van der Waals surface area contributed by atoms with Crippen LogP contribution in [0.3, 0.4) is 0 Å². The Morgan fingerprint density at radius 3 is 2.50 bits per heavy atom. The number of rotatable bonds is 1. The van der Waals surface area contributed by atoms with E-state index in [4.69, 9.17) is 5.73 Å². The maximum Gasteiger partial charge on any atom is 0.249 e. The van der Waals surface area contributed by atoms with Gasteiger partial charge in [0, 0.05) is 5.25 Å². The third kappa shape index (κ3) is 1.49. The molecule has 3 N–H and O–H groups in total. The van der Waals surface area contributed by atoms with E-state index >= 15 is 0 Å². The van der Waals surface area contributed by atoms with Crippen molar-refractivity contribution in [1.82, 2.24) is 0 Å². The van der Waals surface area contributed by atoms with Crippen LogP contribution in [0.15, 0.2) is 8.48 Å². The summed E-state index contributed by atoms with van der Waals surface area (Å²) in [5.41, 5.74) is 4.42. The summed E-state index contributed by atoms with van der Waals surface area (Å²) in [5, 5.41) is 9.87. The molecule has 2 unspecified atom stereocenters. The molecule has 1 rings (SSSR count). The lowest BCUT2D eigenvalue weighted by atomic mass is 9.94. The molecule has 12 heavy (non-hydrogen) atoms. The topological polar surface area (TPSA) is 63.3 Å². The lowest BCUT2D eigenvalue weighted by molar-refractivity contribution is -0.116. The van der Waals surface area contributed by atoms with Crippen molar-refractivity contribution in [1.29, 1.82) is 0 Å². The van der Waals surface area contributed by atoms with Gasteiger partial charge in [-0.25, -0.2) is 0 Å². The van der Waals surface area contributed by atoms with E-state index in [1.165, 1.54) is 11.8 Å². The lowest BCUT2D eigenvalue weighted by Crippen LogP contribution is -2.38. The van der Waals surface area contributed by atoms with Crippen LogP contribution in [0.1, 0.15) is 13.8 Å². The van der Waals surface area contributed by atoms with Gasteiger partial charge in [0.1, 0.15) is 5.60 Å². The molecule has 5 heteroatoms. The Bertz CT molecular complexity index is 262. The van der Waals surface area contributed by atoms with E-state index in [0.29, 0.717) is 5.57 Å². The number of aliphatic hydroxyl groups is 1. The molecule has 68 valence electrons. The van der Waals surface area contributed by atoms with E-state index in [0.717, 1.165) is 2.91 Å². The average Bonchev–Trinajstić information content (AvgIpc) is 2.02. The summed E-state index contributed by atoms with van der Waals surface area (Å²) in [6.45, 7) is 3.50. The molecule has 0 aliphatic carbocycles. The summed E-state index contributed by atoms with van der Waals surface area (Å²) in [5.74, 6) is -0.527. The molecule has 1 heterocycles. The van der Waals surface area contributed by atoms with Crippen LogP contribution in [-0.4, -0.2) is 21.9 Å². The van der Waals surface area contributed by atoms with Gasteiger partial charge in [0.25, 0.3) is 0 Å². The zero-order valence-electron chi connectivity index (χ0n) is 6.80. The molecule has 1 amide bonds. The normalized spacial score (nSPS) is 35.8. The van der Waals surface area contributed by atoms with Crippen LogP contribution in [0.2, 0.25) is 0 Å². The monoisotopic (exact) mass is 299 g/mol. The molecule has 1 aliphatic rings. The van der Waals surface area contributed by atoms with Crippen LogP contribution < -0.4 is 5.73 Å². The second-order valence-corrected chi connectivity index (χ2v) is 6.08. The van der Waals surface area contributed by atoms with Crippen molar-refractivity contribution in [2.75, 3.05) is 0 Å². The highest BCUT2D eigenvalue weighted by Gasteiger charge is 2.43. The molecule has 0 aromatic rings. The van der Waals surface area contributed by atoms with Gasteiger partial charge in [-0.3, -0.25) is 4.79 Å². The number of carbonyl (C=O) groups is 1. The first-order chi connectivity index (χ1) is 5.37. The first kappa shape index (κ1) is 10.3. The minimum Gasteiger partial charge on any atom is -0.384 e. The highest BCUT2D eigenvalue weighted by Crippen LogP contribution is 2.47. The van der Waals surface area contributed by atoms with Gasteiger partial charge in [-0.2, -0.15) is 0 Å². The lowest BCUT2D eigenvalue weighted by Gasteiger charge is -2.23. The van der Waals surface area contributed by atoms with Crippen LogP contribution in [0, 0.1) is 0 Å². The Morgan fingerprint density at radius 1 is 1.83 bits per heavy atom. The third-order valence-electron chi connectivity index (χ3n) is 2.02. The second-order valence-electron chi connectivity index (χ2n) is 2.92. The number of nitrogens with two attached hydrogens (primary N) is 1. The minimum atomic E-state index is -1.08. The molecule has 0 saturated carbocycles. The first-order valence-electron chi connectivity index (χ1n) is 3.46. The second kappa shape index (κ2) is 3.19. The number of hydrogen-bond donors (Lipinski definition) is 2. The summed E-state index contributed by atoms with van der Waals surface area (Å²) in [6.07, 6.45) is 0. The summed E-state index contributed by atoms with van der Waals surface area (Å²) >= 11 is 3.51. The van der Waals surface area contributed by atoms with Crippen LogP contribution in [0.25, 0.3) is 0 Å². The van der Waals surface area contributed by atoms with E-state index in [-0.39, 0.29) is 5.25 Å². The van der Waals surface area contributed by atoms with Gasteiger partial charge in [-0.05, 0) is 36.4 Å². The molecule has 0 fully saturated rings. The number of primary amides is 1. The molecular formula is C7H10INO2S. The molecule has 0 radical (unpaired) electrons. The molecule has 0 spiro atoms. The van der Waals surface area contributed by atoms with Crippen molar-refractivity contribution in [2.45, 2.75) is 24.7 Å². The Labute approximate surface area is 88.9 Å². The van der Waals surface area contributed by atoms with E-state index < -0.39 is 11.5 Å². The number of thioether (sulfide) groups is 1. The summed E-state index contributed by atoms with van der Waals surface area (Å²) < 4.78 is 0.803. The number of carbonyl (C=O) groups excluding carboxylic acids is 1. The summed E-state index contributed by atoms with van der Waals surface area (Å²) in [6, 6.07) is 0. The number of halogens is 1. The molecule has 0 saturated heterocycles. The molecule has 3 nitrogen and oxygen atoms in total. The van der Waals surface area contributed by atoms with Crippen molar-refractivity contribution in [2.24, 2.45) is 5.73 Å². The molecule has 0 aromatic carbocycles. The van der Waals surface area contributed by atoms with E-state index in [1.807, 2.05) is 29.5 Å². The Morgan fingerprint density at radius 2 is 2.33 bits per heavy atom. The average molecular weight is 299 g/mol. The predicted octanol–water partition coefficient (Wildman–Crippen LogP) is 1.00. The van der Waals surface area contributed by atoms with Crippen molar-refractivity contribution in [3.63, 3.8) is 0 Å². The van der Waals surface area contributed by atoms with E-state index in [2.05, 4.69) is 0 Å². The zero-order chi connectivity index (χ0) is 9.52. The van der Waals surface area contributed by atoms with Crippen molar-refractivity contribution in [3.05, 3.63) is 8.48 Å². The maximum atomic E-state index is 11.0. The van der Waals surface area contributed by atoms with Crippen molar-refractivity contribution in [3.8, 4) is 0 Å². The van der Waals surface area contributed by atoms with Crippen molar-refractivity contribution >= 4 is 40.3 Å². The predicted molar refractivity (Wildman–Crippen MR) is 57.9 cm³/mol. The fourth-order valence-electron chi connectivity index (χ4n) is 1.08. The molecule has 0 bridgehead atoms. The van der Waals surface area contributed by atoms with E-state index in [1.54, 1.807) is 6.92 Å². The van der Waals surface area contributed by atoms with Gasteiger partial charge in [-0.1, -0.05) is 0 Å². The highest BCUT2D eigenvalue weighted by atomic mass is 127. The minimum absolute atomic E-state index is 0.00750. The van der Waals surface area contributed by atoms with E-state index in [9.17, 15) is 9.90 Å². The molecule has 2 atom stereocenters. The Kier molecular flexibility index (Phi) is 2.75.